The van der Waals surface area contributed by atoms with Crippen LogP contribution in [0.1, 0.15) is 119 Å². The molecule has 4 radical (unpaired) electrons. The third-order valence-electron chi connectivity index (χ3n) is 6.16. The number of rotatable bonds is 14. The first-order valence-electron chi connectivity index (χ1n) is 12.1. The van der Waals surface area contributed by atoms with E-state index in [2.05, 4.69) is 34.6 Å². The molecule has 168 valence electrons. The molecule has 0 aromatic heterocycles. The van der Waals surface area contributed by atoms with Crippen LogP contribution in [-0.4, -0.2) is 31.1 Å². The van der Waals surface area contributed by atoms with Crippen molar-refractivity contribution in [2.24, 2.45) is 11.3 Å². The molecule has 0 aromatic rings. The maximum absolute atomic E-state index is 12.4. The molecule has 29 heavy (non-hydrogen) atoms. The lowest BCUT2D eigenvalue weighted by atomic mass is 9.68. The summed E-state index contributed by atoms with van der Waals surface area (Å²) in [4.78, 5) is 12.4. The van der Waals surface area contributed by atoms with Crippen molar-refractivity contribution in [1.29, 1.82) is 0 Å². The molecule has 3 nitrogen and oxygen atoms in total. The second kappa shape index (κ2) is 14.0. The predicted octanol–water partition coefficient (Wildman–Crippen LogP) is 7.15. The number of hydrogen-bond donors (Lipinski definition) is 0. The molecule has 1 fully saturated rings. The van der Waals surface area contributed by atoms with Gasteiger partial charge in [-0.15, -0.1) is 0 Å². The first-order valence-corrected chi connectivity index (χ1v) is 14.2. The minimum Gasteiger partial charge on any atom is -0.516 e. The van der Waals surface area contributed by atoms with E-state index in [0.717, 1.165) is 6.04 Å². The van der Waals surface area contributed by atoms with Crippen molar-refractivity contribution in [1.82, 2.24) is 0 Å². The second-order valence-electron chi connectivity index (χ2n) is 10.2. The van der Waals surface area contributed by atoms with Gasteiger partial charge in [0.05, 0.1) is 5.92 Å². The Balaban J connectivity index is 2.36. The molecule has 1 unspecified atom stereocenters. The van der Waals surface area contributed by atoms with Crippen LogP contribution in [0.2, 0.25) is 11.6 Å². The molecule has 1 aliphatic rings. The van der Waals surface area contributed by atoms with Crippen LogP contribution in [0.4, 0.5) is 0 Å². The highest BCUT2D eigenvalue weighted by atomic mass is 28.2. The summed E-state index contributed by atoms with van der Waals surface area (Å²) in [6, 6.07) is 0.767. The summed E-state index contributed by atoms with van der Waals surface area (Å²) in [5.41, 5.74) is 1.03. The summed E-state index contributed by atoms with van der Waals surface area (Å²) in [6.07, 6.45) is 16.1. The van der Waals surface area contributed by atoms with Crippen LogP contribution in [0.25, 0.3) is 0 Å². The number of carbonyl (C=O) groups is 1. The number of unbranched alkanes of at least 4 members (excludes halogenated alkanes) is 4. The average molecular weight is 439 g/mol. The summed E-state index contributed by atoms with van der Waals surface area (Å²) in [6.45, 7) is 12.7. The molecule has 1 aliphatic carbocycles. The van der Waals surface area contributed by atoms with Crippen LogP contribution in [0.5, 0.6) is 0 Å². The summed E-state index contributed by atoms with van der Waals surface area (Å²) >= 11 is 0. The number of carbonyl (C=O) groups excluding carboxylic acids is 1. The van der Waals surface area contributed by atoms with Gasteiger partial charge in [-0.3, -0.25) is 4.79 Å². The van der Waals surface area contributed by atoms with Gasteiger partial charge in [-0.2, -0.15) is 0 Å². The molecule has 1 rings (SSSR count). The Bertz CT molecular complexity index is 428. The predicted molar refractivity (Wildman–Crippen MR) is 125 cm³/mol. The standard InChI is InChI=1S/C24H46O3Si2/c1-7-9-11-15-24(16-12-10-8-2)17-13-21(14-18-24)29-26-22(25)20(3)19-28-27-23(4,5)6/h20-21H,7-19H2,1-6H3. The van der Waals surface area contributed by atoms with E-state index in [1.54, 1.807) is 0 Å². The van der Waals surface area contributed by atoms with E-state index in [1.165, 1.54) is 77.0 Å². The SMILES string of the molecule is CCCCCC1(CCCCC)CCC([Si]OC(=O)C(C)C[Si]OC(C)(C)C)CC1. The van der Waals surface area contributed by atoms with Gasteiger partial charge in [0.2, 0.25) is 9.76 Å². The van der Waals surface area contributed by atoms with Crippen molar-refractivity contribution >= 4 is 25.5 Å². The van der Waals surface area contributed by atoms with Crippen LogP contribution < -0.4 is 0 Å². The van der Waals surface area contributed by atoms with E-state index in [4.69, 9.17) is 8.85 Å². The Kier molecular flexibility index (Phi) is 13.0. The average Bonchev–Trinajstić information content (AvgIpc) is 2.66. The molecular weight excluding hydrogens is 392 g/mol. The van der Waals surface area contributed by atoms with Gasteiger partial charge >= 0.3 is 9.76 Å². The van der Waals surface area contributed by atoms with E-state index < -0.39 is 0 Å². The molecule has 1 atom stereocenters. The molecule has 0 aliphatic heterocycles. The van der Waals surface area contributed by atoms with Gasteiger partial charge in [-0.05, 0) is 76.3 Å². The van der Waals surface area contributed by atoms with Crippen molar-refractivity contribution in [2.75, 3.05) is 0 Å². The van der Waals surface area contributed by atoms with Crippen molar-refractivity contribution in [2.45, 2.75) is 136 Å². The Morgan fingerprint density at radius 2 is 1.59 bits per heavy atom. The summed E-state index contributed by atoms with van der Waals surface area (Å²) in [5.74, 6) is -0.0926. The summed E-state index contributed by atoms with van der Waals surface area (Å²) in [7, 11) is 0.703. The van der Waals surface area contributed by atoms with Gasteiger partial charge in [-0.25, -0.2) is 0 Å². The van der Waals surface area contributed by atoms with Gasteiger partial charge in [0.25, 0.3) is 5.97 Å². The largest absolute Gasteiger partial charge is 0.516 e. The highest BCUT2D eigenvalue weighted by Crippen LogP contribution is 2.48. The zero-order valence-corrected chi connectivity index (χ0v) is 22.1. The maximum atomic E-state index is 12.4. The van der Waals surface area contributed by atoms with E-state index in [9.17, 15) is 4.79 Å². The fraction of sp³-hybridized carbons (Fsp3) is 0.958. The van der Waals surface area contributed by atoms with Crippen LogP contribution in [-0.2, 0) is 13.6 Å². The fourth-order valence-electron chi connectivity index (χ4n) is 4.18. The lowest BCUT2D eigenvalue weighted by Crippen LogP contribution is -2.30. The van der Waals surface area contributed by atoms with Crippen molar-refractivity contribution in [3.8, 4) is 0 Å². The highest BCUT2D eigenvalue weighted by molar-refractivity contribution is 6.33. The molecule has 0 bridgehead atoms. The fourth-order valence-corrected chi connectivity index (χ4v) is 6.12. The maximum Gasteiger partial charge on any atom is 0.318 e. The van der Waals surface area contributed by atoms with Crippen LogP contribution >= 0.6 is 0 Å². The quantitative estimate of drug-likeness (QED) is 0.213. The Morgan fingerprint density at radius 3 is 2.07 bits per heavy atom. The first-order chi connectivity index (χ1) is 13.7. The normalized spacial score (nSPS) is 18.6. The molecule has 0 N–H and O–H groups in total. The van der Waals surface area contributed by atoms with Crippen LogP contribution in [0, 0.1) is 11.3 Å². The molecule has 0 heterocycles. The molecule has 5 heteroatoms. The Hall–Kier alpha value is -0.136. The Morgan fingerprint density at radius 1 is 1.03 bits per heavy atom. The van der Waals surface area contributed by atoms with Crippen molar-refractivity contribution < 1.29 is 13.6 Å². The molecule has 0 spiro atoms. The monoisotopic (exact) mass is 438 g/mol. The van der Waals surface area contributed by atoms with Crippen LogP contribution in [0.3, 0.4) is 0 Å². The molecule has 1 saturated carbocycles. The van der Waals surface area contributed by atoms with Crippen molar-refractivity contribution in [3.05, 3.63) is 0 Å². The first kappa shape index (κ1) is 26.9. The van der Waals surface area contributed by atoms with Crippen molar-refractivity contribution in [3.63, 3.8) is 0 Å². The third kappa shape index (κ3) is 11.7. The lowest BCUT2D eigenvalue weighted by molar-refractivity contribution is -0.138. The summed E-state index contributed by atoms with van der Waals surface area (Å²) in [5, 5.41) is 0. The minimum absolute atomic E-state index is 0.0314. The Labute approximate surface area is 186 Å². The van der Waals surface area contributed by atoms with E-state index >= 15 is 0 Å². The van der Waals surface area contributed by atoms with E-state index in [1.807, 2.05) is 6.92 Å². The lowest BCUT2D eigenvalue weighted by Gasteiger charge is -2.40. The topological polar surface area (TPSA) is 35.5 Å². The minimum atomic E-state index is -0.132. The highest BCUT2D eigenvalue weighted by Gasteiger charge is 2.35. The smallest absolute Gasteiger partial charge is 0.318 e. The zero-order valence-electron chi connectivity index (χ0n) is 20.1. The third-order valence-corrected chi connectivity index (χ3v) is 8.93. The van der Waals surface area contributed by atoms with Gasteiger partial charge in [0, 0.05) is 5.60 Å². The van der Waals surface area contributed by atoms with E-state index in [0.29, 0.717) is 30.5 Å². The second-order valence-corrected chi connectivity index (χ2v) is 12.3. The molecule has 0 amide bonds. The van der Waals surface area contributed by atoms with Gasteiger partial charge in [0.15, 0.2) is 0 Å². The van der Waals surface area contributed by atoms with E-state index in [-0.39, 0.29) is 17.5 Å². The van der Waals surface area contributed by atoms with Gasteiger partial charge in [-0.1, -0.05) is 59.3 Å². The molecular formula is C24H46O3Si2. The van der Waals surface area contributed by atoms with Gasteiger partial charge < -0.3 is 8.85 Å². The molecule has 0 aromatic carbocycles. The van der Waals surface area contributed by atoms with Crippen LogP contribution in [0.15, 0.2) is 0 Å². The van der Waals surface area contributed by atoms with Gasteiger partial charge in [0.1, 0.15) is 0 Å². The summed E-state index contributed by atoms with van der Waals surface area (Å²) < 4.78 is 11.5. The number of hydrogen-bond acceptors (Lipinski definition) is 3. The molecule has 0 saturated heterocycles. The zero-order chi connectivity index (χ0) is 21.8.